The summed E-state index contributed by atoms with van der Waals surface area (Å²) in [5, 5.41) is 0. The van der Waals surface area contributed by atoms with Crippen molar-refractivity contribution in [1.82, 2.24) is 0 Å². The van der Waals surface area contributed by atoms with E-state index >= 15 is 0 Å². The van der Waals surface area contributed by atoms with E-state index in [2.05, 4.69) is 19.6 Å². The predicted molar refractivity (Wildman–Crippen MR) is 95.8 cm³/mol. The lowest BCUT2D eigenvalue weighted by Gasteiger charge is -2.36. The molecule has 2 fully saturated rings. The highest BCUT2D eigenvalue weighted by atomic mass is 32.1. The highest BCUT2D eigenvalue weighted by Crippen LogP contribution is 2.41. The van der Waals surface area contributed by atoms with E-state index in [0.29, 0.717) is 5.92 Å². The second-order valence-corrected chi connectivity index (χ2v) is 8.25. The SMILES string of the molecule is CC1CCC(C2CCC(C(=O)Oc3ccc(S)c(F)c3F)CC2)CC1. The molecule has 1 aromatic carbocycles. The molecule has 0 N–H and O–H groups in total. The molecule has 0 heterocycles. The Morgan fingerprint density at radius 3 is 2.12 bits per heavy atom. The van der Waals surface area contributed by atoms with Gasteiger partial charge in [0.2, 0.25) is 5.82 Å². The van der Waals surface area contributed by atoms with Gasteiger partial charge in [-0.3, -0.25) is 4.79 Å². The van der Waals surface area contributed by atoms with Crippen molar-refractivity contribution in [3.8, 4) is 5.75 Å². The minimum atomic E-state index is -1.15. The first-order valence-corrected chi connectivity index (χ1v) is 9.79. The second kappa shape index (κ2) is 8.07. The van der Waals surface area contributed by atoms with Crippen LogP contribution in [0.25, 0.3) is 0 Å². The van der Waals surface area contributed by atoms with E-state index in [0.717, 1.165) is 37.5 Å². The highest BCUT2D eigenvalue weighted by Gasteiger charge is 2.33. The van der Waals surface area contributed by atoms with Gasteiger partial charge in [-0.25, -0.2) is 4.39 Å². The number of benzene rings is 1. The summed E-state index contributed by atoms with van der Waals surface area (Å²) in [7, 11) is 0. The summed E-state index contributed by atoms with van der Waals surface area (Å²) in [6, 6.07) is 2.55. The van der Waals surface area contributed by atoms with Crippen LogP contribution in [0.2, 0.25) is 0 Å². The number of hydrogen-bond acceptors (Lipinski definition) is 3. The van der Waals surface area contributed by atoms with Crippen molar-refractivity contribution in [2.75, 3.05) is 0 Å². The number of ether oxygens (including phenoxy) is 1. The zero-order valence-electron chi connectivity index (χ0n) is 14.6. The average molecular weight is 368 g/mol. The Bertz CT molecular complexity index is 618. The lowest BCUT2D eigenvalue weighted by atomic mass is 9.69. The van der Waals surface area contributed by atoms with Gasteiger partial charge < -0.3 is 4.74 Å². The standard InChI is InChI=1S/C20H26F2O2S/c1-12-2-4-13(5-3-12)14-6-8-15(9-7-14)20(23)24-16-10-11-17(25)19(22)18(16)21/h10-15,25H,2-9H2,1H3. The highest BCUT2D eigenvalue weighted by molar-refractivity contribution is 7.80. The summed E-state index contributed by atoms with van der Waals surface area (Å²) in [5.41, 5.74) is 0. The fraction of sp³-hybridized carbons (Fsp3) is 0.650. The van der Waals surface area contributed by atoms with Gasteiger partial charge in [0.15, 0.2) is 11.6 Å². The van der Waals surface area contributed by atoms with E-state index in [1.807, 2.05) is 0 Å². The van der Waals surface area contributed by atoms with E-state index in [9.17, 15) is 13.6 Å². The number of carbonyl (C=O) groups excluding carboxylic acids is 1. The largest absolute Gasteiger partial charge is 0.423 e. The number of carbonyl (C=O) groups is 1. The molecular formula is C20H26F2O2S. The van der Waals surface area contributed by atoms with Gasteiger partial charge in [0.1, 0.15) is 0 Å². The van der Waals surface area contributed by atoms with Crippen molar-refractivity contribution in [2.24, 2.45) is 23.7 Å². The monoisotopic (exact) mass is 368 g/mol. The van der Waals surface area contributed by atoms with Gasteiger partial charge in [-0.15, -0.1) is 12.6 Å². The van der Waals surface area contributed by atoms with Gasteiger partial charge in [0.05, 0.1) is 5.92 Å². The lowest BCUT2D eigenvalue weighted by molar-refractivity contribution is -0.140. The van der Waals surface area contributed by atoms with Crippen molar-refractivity contribution < 1.29 is 18.3 Å². The molecule has 0 radical (unpaired) electrons. The zero-order valence-corrected chi connectivity index (χ0v) is 15.5. The number of rotatable bonds is 3. The van der Waals surface area contributed by atoms with E-state index in [1.54, 1.807) is 0 Å². The van der Waals surface area contributed by atoms with Crippen LogP contribution in [-0.2, 0) is 4.79 Å². The summed E-state index contributed by atoms with van der Waals surface area (Å²) in [6.07, 6.45) is 8.88. The maximum Gasteiger partial charge on any atom is 0.314 e. The number of esters is 1. The van der Waals surface area contributed by atoms with Crippen LogP contribution in [0.5, 0.6) is 5.75 Å². The molecule has 0 aromatic heterocycles. The summed E-state index contributed by atoms with van der Waals surface area (Å²) < 4.78 is 32.5. The smallest absolute Gasteiger partial charge is 0.314 e. The first-order valence-electron chi connectivity index (χ1n) is 9.34. The number of thiol groups is 1. The first kappa shape index (κ1) is 18.7. The Morgan fingerprint density at radius 2 is 1.52 bits per heavy atom. The van der Waals surface area contributed by atoms with Crippen molar-refractivity contribution in [3.63, 3.8) is 0 Å². The van der Waals surface area contributed by atoms with Gasteiger partial charge in [-0.2, -0.15) is 4.39 Å². The molecule has 2 aliphatic carbocycles. The topological polar surface area (TPSA) is 26.3 Å². The van der Waals surface area contributed by atoms with Crippen LogP contribution in [0.1, 0.15) is 58.3 Å². The van der Waals surface area contributed by atoms with Gasteiger partial charge >= 0.3 is 5.97 Å². The number of halogens is 2. The molecule has 2 nitrogen and oxygen atoms in total. The number of hydrogen-bond donors (Lipinski definition) is 1. The van der Waals surface area contributed by atoms with Crippen LogP contribution >= 0.6 is 12.6 Å². The minimum absolute atomic E-state index is 0.0976. The first-order chi connectivity index (χ1) is 12.0. The van der Waals surface area contributed by atoms with Crippen molar-refractivity contribution >= 4 is 18.6 Å². The molecule has 0 atom stereocenters. The molecule has 0 aliphatic heterocycles. The van der Waals surface area contributed by atoms with Crippen LogP contribution in [0.4, 0.5) is 8.78 Å². The van der Waals surface area contributed by atoms with Crippen LogP contribution in [0, 0.1) is 35.3 Å². The van der Waals surface area contributed by atoms with E-state index in [1.165, 1.54) is 37.8 Å². The molecule has 2 saturated carbocycles. The second-order valence-electron chi connectivity index (χ2n) is 7.76. The summed E-state index contributed by atoms with van der Waals surface area (Å²) in [4.78, 5) is 12.2. The molecule has 0 unspecified atom stereocenters. The Labute approximate surface area is 153 Å². The molecule has 0 amide bonds. The third-order valence-corrected chi connectivity index (χ3v) is 6.41. The Kier molecular flexibility index (Phi) is 6.03. The van der Waals surface area contributed by atoms with Crippen LogP contribution in [0.3, 0.4) is 0 Å². The molecule has 3 rings (SSSR count). The molecule has 25 heavy (non-hydrogen) atoms. The molecule has 0 saturated heterocycles. The summed E-state index contributed by atoms with van der Waals surface area (Å²) in [6.45, 7) is 2.32. The average Bonchev–Trinajstić information content (AvgIpc) is 2.63. The quantitative estimate of drug-likeness (QED) is 0.415. The van der Waals surface area contributed by atoms with E-state index in [-0.39, 0.29) is 16.6 Å². The molecular weight excluding hydrogens is 342 g/mol. The van der Waals surface area contributed by atoms with Crippen molar-refractivity contribution in [3.05, 3.63) is 23.8 Å². The maximum atomic E-state index is 13.8. The van der Waals surface area contributed by atoms with E-state index < -0.39 is 17.6 Å². The molecule has 5 heteroatoms. The van der Waals surface area contributed by atoms with Crippen LogP contribution in [-0.4, -0.2) is 5.97 Å². The van der Waals surface area contributed by atoms with E-state index in [4.69, 9.17) is 4.74 Å². The van der Waals surface area contributed by atoms with Gasteiger partial charge in [0, 0.05) is 4.90 Å². The minimum Gasteiger partial charge on any atom is -0.423 e. The molecule has 0 bridgehead atoms. The fourth-order valence-electron chi connectivity index (χ4n) is 4.38. The van der Waals surface area contributed by atoms with Crippen molar-refractivity contribution in [2.45, 2.75) is 63.2 Å². The Balaban J connectivity index is 1.53. The van der Waals surface area contributed by atoms with Gasteiger partial charge in [0.25, 0.3) is 0 Å². The van der Waals surface area contributed by atoms with Gasteiger partial charge in [-0.1, -0.05) is 19.8 Å². The molecule has 1 aromatic rings. The predicted octanol–water partition coefficient (Wildman–Crippen LogP) is 5.79. The molecule has 138 valence electrons. The molecule has 2 aliphatic rings. The van der Waals surface area contributed by atoms with Crippen LogP contribution in [0.15, 0.2) is 17.0 Å². The van der Waals surface area contributed by atoms with Crippen LogP contribution < -0.4 is 4.74 Å². The fourth-order valence-corrected chi connectivity index (χ4v) is 4.55. The third-order valence-electron chi connectivity index (χ3n) is 6.07. The summed E-state index contributed by atoms with van der Waals surface area (Å²) >= 11 is 3.82. The maximum absolute atomic E-state index is 13.8. The Hall–Kier alpha value is -1.10. The summed E-state index contributed by atoms with van der Waals surface area (Å²) in [5.74, 6) is -0.880. The normalized spacial score (nSPS) is 30.1. The molecule has 0 spiro atoms. The Morgan fingerprint density at radius 1 is 0.960 bits per heavy atom. The van der Waals surface area contributed by atoms with Crippen molar-refractivity contribution in [1.29, 1.82) is 0 Å². The lowest BCUT2D eigenvalue weighted by Crippen LogP contribution is -2.30. The van der Waals surface area contributed by atoms with Gasteiger partial charge in [-0.05, 0) is 68.4 Å². The zero-order chi connectivity index (χ0) is 18.0. The third kappa shape index (κ3) is 4.36.